The highest BCUT2D eigenvalue weighted by atomic mass is 35.5. The first kappa shape index (κ1) is 14.3. The van der Waals surface area contributed by atoms with Crippen LogP contribution in [0.25, 0.3) is 0 Å². The first-order valence-electron chi connectivity index (χ1n) is 5.92. The van der Waals surface area contributed by atoms with E-state index in [2.05, 4.69) is 4.72 Å². The van der Waals surface area contributed by atoms with Gasteiger partial charge < -0.3 is 4.90 Å². The van der Waals surface area contributed by atoms with Gasteiger partial charge in [-0.3, -0.25) is 4.79 Å². The molecule has 7 heteroatoms. The molecule has 0 aliphatic carbocycles. The van der Waals surface area contributed by atoms with E-state index in [0.717, 1.165) is 0 Å². The molecule has 1 N–H and O–H groups in total. The SMILES string of the molecule is CC(=O)N1CCC(NS(=O)(=O)c2ccc(Cl)cc2)C1. The molecule has 5 nitrogen and oxygen atoms in total. The summed E-state index contributed by atoms with van der Waals surface area (Å²) in [5.74, 6) is -0.0341. The van der Waals surface area contributed by atoms with E-state index < -0.39 is 10.0 Å². The van der Waals surface area contributed by atoms with Gasteiger partial charge in [-0.1, -0.05) is 11.6 Å². The number of carbonyl (C=O) groups excluding carboxylic acids is 1. The molecule has 0 spiro atoms. The van der Waals surface area contributed by atoms with E-state index in [1.54, 1.807) is 4.90 Å². The van der Waals surface area contributed by atoms with E-state index in [9.17, 15) is 13.2 Å². The average molecular weight is 303 g/mol. The van der Waals surface area contributed by atoms with Crippen molar-refractivity contribution in [3.8, 4) is 0 Å². The number of halogens is 1. The molecule has 0 saturated carbocycles. The van der Waals surface area contributed by atoms with Crippen LogP contribution in [0.1, 0.15) is 13.3 Å². The van der Waals surface area contributed by atoms with Crippen LogP contribution in [0.5, 0.6) is 0 Å². The molecule has 1 saturated heterocycles. The summed E-state index contributed by atoms with van der Waals surface area (Å²) in [7, 11) is -3.56. The second-order valence-electron chi connectivity index (χ2n) is 4.53. The van der Waals surface area contributed by atoms with E-state index in [4.69, 9.17) is 11.6 Å². The fraction of sp³-hybridized carbons (Fsp3) is 0.417. The van der Waals surface area contributed by atoms with Crippen LogP contribution in [0.2, 0.25) is 5.02 Å². The van der Waals surface area contributed by atoms with E-state index >= 15 is 0 Å². The number of hydrogen-bond donors (Lipinski definition) is 1. The van der Waals surface area contributed by atoms with Crippen molar-refractivity contribution in [2.75, 3.05) is 13.1 Å². The number of likely N-dealkylation sites (tertiary alicyclic amines) is 1. The number of amides is 1. The number of nitrogens with zero attached hydrogens (tertiary/aromatic N) is 1. The molecule has 1 aliphatic heterocycles. The molecule has 104 valence electrons. The summed E-state index contributed by atoms with van der Waals surface area (Å²) < 4.78 is 26.8. The molecule has 1 aromatic carbocycles. The highest BCUT2D eigenvalue weighted by molar-refractivity contribution is 7.89. The van der Waals surface area contributed by atoms with E-state index in [1.165, 1.54) is 31.2 Å². The fourth-order valence-electron chi connectivity index (χ4n) is 2.04. The minimum absolute atomic E-state index is 0.0341. The van der Waals surface area contributed by atoms with Crippen LogP contribution in [0.4, 0.5) is 0 Å². The Morgan fingerprint density at radius 3 is 2.53 bits per heavy atom. The summed E-state index contributed by atoms with van der Waals surface area (Å²) in [4.78, 5) is 13.0. The maximum Gasteiger partial charge on any atom is 0.240 e. The van der Waals surface area contributed by atoms with Crippen LogP contribution in [0, 0.1) is 0 Å². The van der Waals surface area contributed by atoms with Gasteiger partial charge in [-0.25, -0.2) is 13.1 Å². The van der Waals surface area contributed by atoms with Gasteiger partial charge in [0.25, 0.3) is 0 Å². The summed E-state index contributed by atoms with van der Waals surface area (Å²) in [6, 6.07) is 5.76. The smallest absolute Gasteiger partial charge is 0.240 e. The predicted molar refractivity (Wildman–Crippen MR) is 72.4 cm³/mol. The van der Waals surface area contributed by atoms with Crippen LogP contribution >= 0.6 is 11.6 Å². The van der Waals surface area contributed by atoms with Crippen LogP contribution in [-0.2, 0) is 14.8 Å². The fourth-order valence-corrected chi connectivity index (χ4v) is 3.43. The van der Waals surface area contributed by atoms with Gasteiger partial charge in [0.05, 0.1) is 4.90 Å². The third-order valence-corrected chi connectivity index (χ3v) is 4.87. The van der Waals surface area contributed by atoms with Gasteiger partial charge in [0.1, 0.15) is 0 Å². The lowest BCUT2D eigenvalue weighted by Gasteiger charge is -2.15. The van der Waals surface area contributed by atoms with Gasteiger partial charge in [-0.05, 0) is 30.7 Å². The van der Waals surface area contributed by atoms with Crippen molar-refractivity contribution in [2.45, 2.75) is 24.3 Å². The van der Waals surface area contributed by atoms with Gasteiger partial charge in [0, 0.05) is 31.1 Å². The number of benzene rings is 1. The van der Waals surface area contributed by atoms with Gasteiger partial charge in [0.15, 0.2) is 0 Å². The Morgan fingerprint density at radius 2 is 2.00 bits per heavy atom. The Labute approximate surface area is 117 Å². The molecule has 1 unspecified atom stereocenters. The van der Waals surface area contributed by atoms with Gasteiger partial charge in [0.2, 0.25) is 15.9 Å². The quantitative estimate of drug-likeness (QED) is 0.913. The molecule has 1 aromatic rings. The molecule has 0 radical (unpaired) electrons. The summed E-state index contributed by atoms with van der Waals surface area (Å²) >= 11 is 5.73. The maximum absolute atomic E-state index is 12.1. The molecule has 0 bridgehead atoms. The summed E-state index contributed by atoms with van der Waals surface area (Å²) in [6.07, 6.45) is 0.631. The van der Waals surface area contributed by atoms with E-state index in [-0.39, 0.29) is 16.8 Å². The third kappa shape index (κ3) is 3.46. The Morgan fingerprint density at radius 1 is 1.37 bits per heavy atom. The highest BCUT2D eigenvalue weighted by Gasteiger charge is 2.28. The molecule has 1 fully saturated rings. The number of nitrogens with one attached hydrogen (secondary N) is 1. The Hall–Kier alpha value is -1.11. The summed E-state index contributed by atoms with van der Waals surface area (Å²) in [6.45, 7) is 2.49. The molecule has 0 aromatic heterocycles. The van der Waals surface area contributed by atoms with Crippen molar-refractivity contribution >= 4 is 27.5 Å². The molecule has 1 aliphatic rings. The minimum atomic E-state index is -3.56. The van der Waals surface area contributed by atoms with Gasteiger partial charge >= 0.3 is 0 Å². The minimum Gasteiger partial charge on any atom is -0.341 e. The second kappa shape index (κ2) is 5.48. The zero-order valence-corrected chi connectivity index (χ0v) is 12.0. The first-order valence-corrected chi connectivity index (χ1v) is 7.78. The topological polar surface area (TPSA) is 66.5 Å². The monoisotopic (exact) mass is 302 g/mol. The molecular formula is C12H15ClN2O3S. The van der Waals surface area contributed by atoms with Crippen LogP contribution in [-0.4, -0.2) is 38.4 Å². The van der Waals surface area contributed by atoms with Crippen molar-refractivity contribution < 1.29 is 13.2 Å². The summed E-state index contributed by atoms with van der Waals surface area (Å²) in [5, 5.41) is 0.488. The normalized spacial score (nSPS) is 19.7. The van der Waals surface area contributed by atoms with E-state index in [1.807, 2.05) is 0 Å². The third-order valence-electron chi connectivity index (χ3n) is 3.08. The van der Waals surface area contributed by atoms with E-state index in [0.29, 0.717) is 24.5 Å². The standard InChI is InChI=1S/C12H15ClN2O3S/c1-9(16)15-7-6-11(8-15)14-19(17,18)12-4-2-10(13)3-5-12/h2-5,11,14H,6-8H2,1H3. The molecule has 1 atom stereocenters. The van der Waals surface area contributed by atoms with Crippen LogP contribution < -0.4 is 4.72 Å². The largest absolute Gasteiger partial charge is 0.341 e. The van der Waals surface area contributed by atoms with Crippen LogP contribution in [0.3, 0.4) is 0 Å². The molecule has 19 heavy (non-hydrogen) atoms. The lowest BCUT2D eigenvalue weighted by Crippen LogP contribution is -2.37. The Kier molecular flexibility index (Phi) is 4.13. The molecule has 1 amide bonds. The highest BCUT2D eigenvalue weighted by Crippen LogP contribution is 2.16. The number of hydrogen-bond acceptors (Lipinski definition) is 3. The van der Waals surface area contributed by atoms with Crippen molar-refractivity contribution in [3.63, 3.8) is 0 Å². The number of sulfonamides is 1. The van der Waals surface area contributed by atoms with Crippen molar-refractivity contribution in [2.24, 2.45) is 0 Å². The zero-order chi connectivity index (χ0) is 14.0. The maximum atomic E-state index is 12.1. The van der Waals surface area contributed by atoms with Crippen molar-refractivity contribution in [3.05, 3.63) is 29.3 Å². The van der Waals surface area contributed by atoms with Crippen molar-refractivity contribution in [1.82, 2.24) is 9.62 Å². The molecular weight excluding hydrogens is 288 g/mol. The van der Waals surface area contributed by atoms with Gasteiger partial charge in [-0.15, -0.1) is 0 Å². The Bertz CT molecular complexity index is 571. The number of rotatable bonds is 3. The second-order valence-corrected chi connectivity index (χ2v) is 6.68. The van der Waals surface area contributed by atoms with Crippen LogP contribution in [0.15, 0.2) is 29.2 Å². The average Bonchev–Trinajstić information content (AvgIpc) is 2.77. The zero-order valence-electron chi connectivity index (χ0n) is 10.5. The Balaban J connectivity index is 2.06. The van der Waals surface area contributed by atoms with Crippen molar-refractivity contribution in [1.29, 1.82) is 0 Å². The lowest BCUT2D eigenvalue weighted by molar-refractivity contribution is -0.127. The molecule has 2 rings (SSSR count). The predicted octanol–water partition coefficient (Wildman–Crippen LogP) is 1.24. The lowest BCUT2D eigenvalue weighted by atomic mass is 10.3. The number of carbonyl (C=O) groups is 1. The summed E-state index contributed by atoms with van der Waals surface area (Å²) in [5.41, 5.74) is 0. The first-order chi connectivity index (χ1) is 8.88. The van der Waals surface area contributed by atoms with Gasteiger partial charge in [-0.2, -0.15) is 0 Å². The molecule has 1 heterocycles.